The predicted octanol–water partition coefficient (Wildman–Crippen LogP) is 5.25. The molecule has 1 aliphatic rings. The van der Waals surface area contributed by atoms with E-state index in [4.69, 9.17) is 4.74 Å². The van der Waals surface area contributed by atoms with E-state index in [2.05, 4.69) is 77.6 Å². The van der Waals surface area contributed by atoms with Gasteiger partial charge in [0.1, 0.15) is 17.2 Å². The minimum atomic E-state index is -0.393. The highest BCUT2D eigenvalue weighted by atomic mass is 16.5. The van der Waals surface area contributed by atoms with Gasteiger partial charge in [0.25, 0.3) is 0 Å². The minimum Gasteiger partial charge on any atom is -0.462 e. The molecular formula is C22H37N3O2. The molecule has 1 aliphatic carbocycles. The quantitative estimate of drug-likeness (QED) is 0.728. The number of carbonyl (C=O) groups excluding carboxylic acids is 1. The maximum atomic E-state index is 12.5. The van der Waals surface area contributed by atoms with Gasteiger partial charge >= 0.3 is 5.97 Å². The second-order valence-corrected chi connectivity index (χ2v) is 10.1. The Kier molecular flexibility index (Phi) is 4.95. The third-order valence-electron chi connectivity index (χ3n) is 8.96. The Morgan fingerprint density at radius 2 is 1.44 bits per heavy atom. The van der Waals surface area contributed by atoms with Crippen molar-refractivity contribution in [3.63, 3.8) is 0 Å². The Morgan fingerprint density at radius 3 is 1.89 bits per heavy atom. The van der Waals surface area contributed by atoms with Crippen LogP contribution in [-0.2, 0) is 4.74 Å². The average molecular weight is 376 g/mol. The molecule has 1 aromatic heterocycles. The van der Waals surface area contributed by atoms with E-state index in [-0.39, 0.29) is 27.2 Å². The van der Waals surface area contributed by atoms with Crippen LogP contribution >= 0.6 is 0 Å². The lowest BCUT2D eigenvalue weighted by atomic mass is 9.57. The van der Waals surface area contributed by atoms with Crippen molar-refractivity contribution < 1.29 is 9.53 Å². The van der Waals surface area contributed by atoms with Gasteiger partial charge in [-0.2, -0.15) is 0 Å². The molecule has 1 saturated carbocycles. The van der Waals surface area contributed by atoms with Crippen molar-refractivity contribution in [1.29, 1.82) is 0 Å². The van der Waals surface area contributed by atoms with Crippen LogP contribution in [0.3, 0.4) is 0 Å². The van der Waals surface area contributed by atoms with Gasteiger partial charge in [-0.05, 0) is 42.4 Å². The average Bonchev–Trinajstić information content (AvgIpc) is 2.58. The van der Waals surface area contributed by atoms with Gasteiger partial charge in [0, 0.05) is 11.7 Å². The predicted molar refractivity (Wildman–Crippen MR) is 110 cm³/mol. The zero-order valence-electron chi connectivity index (χ0n) is 19.0. The fourth-order valence-corrected chi connectivity index (χ4v) is 5.07. The molecule has 1 heterocycles. The summed E-state index contributed by atoms with van der Waals surface area (Å²) in [6, 6.07) is 0. The zero-order chi connectivity index (χ0) is 21.1. The lowest BCUT2D eigenvalue weighted by Gasteiger charge is -2.50. The number of ether oxygens (including phenoxy) is 1. The summed E-state index contributed by atoms with van der Waals surface area (Å²) in [5, 5.41) is 3.71. The van der Waals surface area contributed by atoms with Gasteiger partial charge in [0.2, 0.25) is 0 Å². The third-order valence-corrected chi connectivity index (χ3v) is 8.96. The molecule has 0 atom stereocenters. The van der Waals surface area contributed by atoms with Crippen molar-refractivity contribution in [1.82, 2.24) is 9.97 Å². The Balaban J connectivity index is 2.66. The lowest BCUT2D eigenvalue weighted by Crippen LogP contribution is -2.56. The topological polar surface area (TPSA) is 64.1 Å². The minimum absolute atomic E-state index is 0.0391. The normalized spacial score (nSPS) is 23.7. The van der Waals surface area contributed by atoms with E-state index >= 15 is 0 Å². The molecule has 1 fully saturated rings. The monoisotopic (exact) mass is 375 g/mol. The van der Waals surface area contributed by atoms with Crippen LogP contribution in [0.1, 0.15) is 85.4 Å². The molecule has 0 spiro atoms. The molecule has 0 amide bonds. The summed E-state index contributed by atoms with van der Waals surface area (Å²) >= 11 is 0. The van der Waals surface area contributed by atoms with Gasteiger partial charge in [-0.3, -0.25) is 0 Å². The molecule has 5 heteroatoms. The van der Waals surface area contributed by atoms with E-state index in [0.717, 1.165) is 0 Å². The number of aryl methyl sites for hydroxylation is 1. The largest absolute Gasteiger partial charge is 0.462 e. The first-order valence-corrected chi connectivity index (χ1v) is 9.87. The van der Waals surface area contributed by atoms with Crippen molar-refractivity contribution in [2.24, 2.45) is 21.7 Å². The maximum absolute atomic E-state index is 12.5. The van der Waals surface area contributed by atoms with Crippen LogP contribution in [-0.4, -0.2) is 28.1 Å². The molecule has 5 nitrogen and oxygen atoms in total. The van der Waals surface area contributed by atoms with Gasteiger partial charge in [-0.1, -0.05) is 55.4 Å². The van der Waals surface area contributed by atoms with E-state index in [1.807, 2.05) is 6.92 Å². The van der Waals surface area contributed by atoms with Gasteiger partial charge in [0.05, 0.1) is 6.61 Å². The first-order valence-electron chi connectivity index (χ1n) is 9.87. The fourth-order valence-electron chi connectivity index (χ4n) is 5.07. The first kappa shape index (κ1) is 21.6. The van der Waals surface area contributed by atoms with Crippen LogP contribution in [0.25, 0.3) is 0 Å². The number of rotatable bonds is 4. The molecule has 0 aromatic carbocycles. The molecule has 0 unspecified atom stereocenters. The van der Waals surface area contributed by atoms with Gasteiger partial charge < -0.3 is 10.1 Å². The second-order valence-electron chi connectivity index (χ2n) is 10.1. The van der Waals surface area contributed by atoms with Crippen LogP contribution in [0.15, 0.2) is 6.20 Å². The number of anilines is 1. The molecule has 0 aliphatic heterocycles. The lowest BCUT2D eigenvalue weighted by molar-refractivity contribution is 0.0135. The van der Waals surface area contributed by atoms with Crippen LogP contribution < -0.4 is 5.32 Å². The highest BCUT2D eigenvalue weighted by Gasteiger charge is 2.73. The first-order chi connectivity index (χ1) is 12.1. The van der Waals surface area contributed by atoms with Crippen LogP contribution in [0.5, 0.6) is 0 Å². The Labute approximate surface area is 164 Å². The molecule has 0 saturated heterocycles. The van der Waals surface area contributed by atoms with E-state index in [0.29, 0.717) is 23.8 Å². The molecule has 0 radical (unpaired) electrons. The van der Waals surface area contributed by atoms with Crippen molar-refractivity contribution in [3.05, 3.63) is 17.6 Å². The molecule has 2 rings (SSSR count). The number of nitrogens with one attached hydrogen (secondary N) is 1. The number of hydrogen-bond donors (Lipinski definition) is 1. The Morgan fingerprint density at radius 1 is 0.963 bits per heavy atom. The molecule has 152 valence electrons. The van der Waals surface area contributed by atoms with Gasteiger partial charge in [-0.25, -0.2) is 14.8 Å². The van der Waals surface area contributed by atoms with Gasteiger partial charge in [0.15, 0.2) is 0 Å². The van der Waals surface area contributed by atoms with E-state index < -0.39 is 5.97 Å². The second kappa shape index (κ2) is 6.18. The smallest absolute Gasteiger partial charge is 0.343 e. The summed E-state index contributed by atoms with van der Waals surface area (Å²) in [6.45, 7) is 24.9. The fraction of sp³-hybridized carbons (Fsp3) is 0.773. The van der Waals surface area contributed by atoms with Crippen molar-refractivity contribution in [3.8, 4) is 0 Å². The van der Waals surface area contributed by atoms with Crippen molar-refractivity contribution >= 4 is 11.8 Å². The van der Waals surface area contributed by atoms with E-state index in [1.165, 1.54) is 0 Å². The zero-order valence-corrected chi connectivity index (χ0v) is 19.0. The summed E-state index contributed by atoms with van der Waals surface area (Å²) < 4.78 is 5.23. The number of esters is 1. The maximum Gasteiger partial charge on any atom is 0.343 e. The van der Waals surface area contributed by atoms with Crippen LogP contribution in [0.2, 0.25) is 0 Å². The summed E-state index contributed by atoms with van der Waals surface area (Å²) in [5.74, 6) is 0.787. The third kappa shape index (κ3) is 2.60. The Hall–Kier alpha value is -1.65. The SMILES string of the molecule is CCOC(=O)c1cnc(C)nc1NC1(C)C(C)(C)C(C)(C)C(C)(C)C1(C)C. The van der Waals surface area contributed by atoms with Crippen LogP contribution in [0.4, 0.5) is 5.82 Å². The highest BCUT2D eigenvalue weighted by Crippen LogP contribution is 2.74. The summed E-state index contributed by atoms with van der Waals surface area (Å²) in [6.07, 6.45) is 1.57. The number of hydrogen-bond acceptors (Lipinski definition) is 5. The Bertz CT molecular complexity index is 722. The highest BCUT2D eigenvalue weighted by molar-refractivity contribution is 5.94. The summed E-state index contributed by atoms with van der Waals surface area (Å²) in [5.41, 5.74) is -0.0304. The van der Waals surface area contributed by atoms with E-state index in [1.54, 1.807) is 13.1 Å². The van der Waals surface area contributed by atoms with Crippen molar-refractivity contribution in [2.45, 2.75) is 81.7 Å². The van der Waals surface area contributed by atoms with E-state index in [9.17, 15) is 4.79 Å². The molecule has 0 bridgehead atoms. The van der Waals surface area contributed by atoms with Crippen LogP contribution in [0, 0.1) is 28.6 Å². The molecule has 1 aromatic rings. The number of carbonyl (C=O) groups is 1. The van der Waals surface area contributed by atoms with Crippen molar-refractivity contribution in [2.75, 3.05) is 11.9 Å². The molecular weight excluding hydrogens is 338 g/mol. The number of nitrogens with zero attached hydrogens (tertiary/aromatic N) is 2. The van der Waals surface area contributed by atoms with Gasteiger partial charge in [-0.15, -0.1) is 0 Å². The summed E-state index contributed by atoms with van der Waals surface area (Å²) in [7, 11) is 0. The molecule has 1 N–H and O–H groups in total. The molecule has 27 heavy (non-hydrogen) atoms. The number of aromatic nitrogens is 2. The summed E-state index contributed by atoms with van der Waals surface area (Å²) in [4.78, 5) is 21.3. The standard InChI is InChI=1S/C22H37N3O2/c1-12-27-17(26)15-13-23-14(2)24-16(15)25-22(11)20(7,8)18(3,4)19(5,6)21(22,9)10/h13H,12H2,1-11H3,(H,23,24,25).